The first kappa shape index (κ1) is 8.64. The molecule has 0 aromatic heterocycles. The Labute approximate surface area is 57.5 Å². The first-order chi connectivity index (χ1) is 4.31. The van der Waals surface area contributed by atoms with Gasteiger partial charge >= 0.3 is 5.97 Å². The third kappa shape index (κ3) is 5.51. The number of rotatable bonds is 3. The smallest absolute Gasteiger partial charge is 0.330 e. The first-order valence-electron chi connectivity index (χ1n) is 2.84. The lowest BCUT2D eigenvalue weighted by molar-refractivity contribution is -0.137. The van der Waals surface area contributed by atoms with Crippen molar-refractivity contribution in [2.75, 3.05) is 12.8 Å². The van der Waals surface area contributed by atoms with E-state index in [2.05, 4.69) is 14.0 Å². The van der Waals surface area contributed by atoms with Gasteiger partial charge in [-0.2, -0.15) is 0 Å². The van der Waals surface area contributed by atoms with Crippen LogP contribution in [0, 0.1) is 0 Å². The van der Waals surface area contributed by atoms with Gasteiger partial charge < -0.3 is 4.74 Å². The van der Waals surface area contributed by atoms with Gasteiger partial charge in [0.15, 0.2) is 0 Å². The van der Waals surface area contributed by atoms with Crippen molar-refractivity contribution in [1.82, 2.24) is 0 Å². The van der Waals surface area contributed by atoms with Gasteiger partial charge in [0, 0.05) is 6.08 Å². The van der Waals surface area contributed by atoms with Crippen molar-refractivity contribution < 1.29 is 9.53 Å². The summed E-state index contributed by atoms with van der Waals surface area (Å²) in [4.78, 5) is 10.5. The highest BCUT2D eigenvalue weighted by Crippen LogP contribution is 1.84. The molecule has 0 aliphatic carbocycles. The Kier molecular flexibility index (Phi) is 5.54. The van der Waals surface area contributed by atoms with Crippen molar-refractivity contribution in [3.8, 4) is 0 Å². The molecule has 0 aromatic carbocycles. The minimum atomic E-state index is -0.264. The predicted molar refractivity (Wildman–Crippen MR) is 40.4 cm³/mol. The van der Waals surface area contributed by atoms with Crippen LogP contribution >= 0.6 is 9.24 Å². The Morgan fingerprint density at radius 2 is 2.44 bits per heavy atom. The van der Waals surface area contributed by atoms with E-state index in [-0.39, 0.29) is 5.97 Å². The Morgan fingerprint density at radius 1 is 1.78 bits per heavy atom. The fraction of sp³-hybridized carbons (Fsp3) is 0.500. The summed E-state index contributed by atoms with van der Waals surface area (Å²) in [6.45, 7) is 2.23. The van der Waals surface area contributed by atoms with Crippen LogP contribution in [0.4, 0.5) is 0 Å². The summed E-state index contributed by atoms with van der Waals surface area (Å²) in [6, 6.07) is 0. The molecule has 0 N–H and O–H groups in total. The van der Waals surface area contributed by atoms with Gasteiger partial charge in [0.1, 0.15) is 0 Å². The van der Waals surface area contributed by atoms with Crippen LogP contribution in [-0.4, -0.2) is 18.7 Å². The molecule has 0 amide bonds. The van der Waals surface area contributed by atoms with E-state index < -0.39 is 0 Å². The van der Waals surface area contributed by atoms with Crippen LogP contribution in [0.25, 0.3) is 0 Å². The van der Waals surface area contributed by atoms with Crippen LogP contribution in [0.1, 0.15) is 6.92 Å². The normalized spacial score (nSPS) is 10.0. The van der Waals surface area contributed by atoms with Crippen LogP contribution < -0.4 is 0 Å². The van der Waals surface area contributed by atoms with Crippen LogP contribution in [0.3, 0.4) is 0 Å². The average Bonchev–Trinajstić information content (AvgIpc) is 1.85. The highest BCUT2D eigenvalue weighted by Gasteiger charge is 1.89. The monoisotopic (exact) mass is 146 g/mol. The Bertz CT molecular complexity index is 110. The molecule has 9 heavy (non-hydrogen) atoms. The van der Waals surface area contributed by atoms with E-state index in [1.54, 1.807) is 13.0 Å². The van der Waals surface area contributed by atoms with E-state index in [0.29, 0.717) is 6.61 Å². The number of allylic oxidation sites excluding steroid dienone is 1. The molecule has 1 unspecified atom stereocenters. The van der Waals surface area contributed by atoms with Crippen molar-refractivity contribution in [2.45, 2.75) is 6.92 Å². The van der Waals surface area contributed by atoms with E-state index in [0.717, 1.165) is 6.16 Å². The summed E-state index contributed by atoms with van der Waals surface area (Å²) in [5.41, 5.74) is 0. The highest BCUT2D eigenvalue weighted by atomic mass is 31.0. The van der Waals surface area contributed by atoms with Gasteiger partial charge in [-0.25, -0.2) is 4.79 Å². The zero-order valence-corrected chi connectivity index (χ0v) is 6.62. The maximum absolute atomic E-state index is 10.5. The third-order valence-electron chi connectivity index (χ3n) is 0.677. The van der Waals surface area contributed by atoms with Gasteiger partial charge in [0.2, 0.25) is 0 Å². The van der Waals surface area contributed by atoms with Gasteiger partial charge in [-0.15, -0.1) is 9.24 Å². The second-order valence-corrected chi connectivity index (χ2v) is 1.86. The molecule has 0 aliphatic heterocycles. The first-order valence-corrected chi connectivity index (χ1v) is 3.66. The summed E-state index contributed by atoms with van der Waals surface area (Å²) >= 11 is 0. The second kappa shape index (κ2) is 5.77. The maximum Gasteiger partial charge on any atom is 0.330 e. The quantitative estimate of drug-likeness (QED) is 0.337. The van der Waals surface area contributed by atoms with E-state index in [1.165, 1.54) is 6.08 Å². The van der Waals surface area contributed by atoms with Crippen LogP contribution in [0.5, 0.6) is 0 Å². The van der Waals surface area contributed by atoms with Crippen LogP contribution in [0.15, 0.2) is 12.2 Å². The molecule has 0 rings (SSSR count). The molecule has 0 fully saturated rings. The number of ether oxygens (including phenoxy) is 1. The molecule has 2 nitrogen and oxygen atoms in total. The molecule has 0 spiro atoms. The Hall–Kier alpha value is -0.360. The second-order valence-electron chi connectivity index (χ2n) is 1.39. The van der Waals surface area contributed by atoms with Gasteiger partial charge in [-0.05, 0) is 13.1 Å². The Balaban J connectivity index is 3.37. The number of carbonyl (C=O) groups excluding carboxylic acids is 1. The molecule has 0 radical (unpaired) electrons. The zero-order valence-electron chi connectivity index (χ0n) is 5.46. The molecule has 0 aromatic rings. The molecule has 3 heteroatoms. The van der Waals surface area contributed by atoms with Gasteiger partial charge in [-0.3, -0.25) is 0 Å². The number of hydrogen-bond donors (Lipinski definition) is 0. The summed E-state index contributed by atoms with van der Waals surface area (Å²) in [5.74, 6) is -0.264. The standard InChI is InChI=1S/C6H11O2P/c1-2-8-6(7)4-3-5-9/h3-4H,2,5,9H2,1H3/b4-3+. The van der Waals surface area contributed by atoms with Crippen LogP contribution in [0.2, 0.25) is 0 Å². The number of esters is 1. The SMILES string of the molecule is CCOC(=O)/C=C/CP. The van der Waals surface area contributed by atoms with Crippen molar-refractivity contribution in [1.29, 1.82) is 0 Å². The van der Waals surface area contributed by atoms with Gasteiger partial charge in [0.05, 0.1) is 6.61 Å². The minimum absolute atomic E-state index is 0.264. The fourth-order valence-electron chi connectivity index (χ4n) is 0.355. The molecular weight excluding hydrogens is 135 g/mol. The lowest BCUT2D eigenvalue weighted by atomic mass is 10.5. The largest absolute Gasteiger partial charge is 0.463 e. The maximum atomic E-state index is 10.5. The van der Waals surface area contributed by atoms with E-state index >= 15 is 0 Å². The van der Waals surface area contributed by atoms with Gasteiger partial charge in [-0.1, -0.05) is 6.08 Å². The zero-order chi connectivity index (χ0) is 7.11. The average molecular weight is 146 g/mol. The van der Waals surface area contributed by atoms with Crippen molar-refractivity contribution >= 4 is 15.2 Å². The van der Waals surface area contributed by atoms with Crippen LogP contribution in [-0.2, 0) is 9.53 Å². The molecule has 0 saturated heterocycles. The Morgan fingerprint density at radius 3 is 2.89 bits per heavy atom. The van der Waals surface area contributed by atoms with Gasteiger partial charge in [0.25, 0.3) is 0 Å². The van der Waals surface area contributed by atoms with E-state index in [9.17, 15) is 4.79 Å². The van der Waals surface area contributed by atoms with Crippen molar-refractivity contribution in [3.05, 3.63) is 12.2 Å². The minimum Gasteiger partial charge on any atom is -0.463 e. The predicted octanol–water partition coefficient (Wildman–Crippen LogP) is 0.981. The third-order valence-corrected chi connectivity index (χ3v) is 0.949. The summed E-state index contributed by atoms with van der Waals surface area (Å²) in [5, 5.41) is 0. The van der Waals surface area contributed by atoms with E-state index in [4.69, 9.17) is 0 Å². The molecule has 0 bridgehead atoms. The molecule has 0 heterocycles. The lowest BCUT2D eigenvalue weighted by Crippen LogP contribution is -1.98. The lowest BCUT2D eigenvalue weighted by Gasteiger charge is -1.92. The molecule has 0 aliphatic rings. The molecular formula is C6H11O2P. The summed E-state index contributed by atoms with van der Waals surface area (Å²) in [7, 11) is 2.49. The van der Waals surface area contributed by atoms with Crippen molar-refractivity contribution in [2.24, 2.45) is 0 Å². The van der Waals surface area contributed by atoms with Crippen molar-refractivity contribution in [3.63, 3.8) is 0 Å². The van der Waals surface area contributed by atoms with E-state index in [1.807, 2.05) is 0 Å². The summed E-state index contributed by atoms with van der Waals surface area (Å²) < 4.78 is 4.61. The number of carbonyl (C=O) groups is 1. The highest BCUT2D eigenvalue weighted by molar-refractivity contribution is 7.16. The summed E-state index contributed by atoms with van der Waals surface area (Å²) in [6.07, 6.45) is 3.96. The molecule has 0 saturated carbocycles. The molecule has 1 atom stereocenters. The number of hydrogen-bond acceptors (Lipinski definition) is 2. The topological polar surface area (TPSA) is 26.3 Å². The molecule has 52 valence electrons. The fourth-order valence-corrected chi connectivity index (χ4v) is 0.491.